The molecule has 0 aliphatic heterocycles. The molecule has 4 rings (SSSR count). The van der Waals surface area contributed by atoms with Crippen molar-refractivity contribution in [3.05, 3.63) is 95.1 Å². The van der Waals surface area contributed by atoms with E-state index in [1.54, 1.807) is 25.1 Å². The van der Waals surface area contributed by atoms with Gasteiger partial charge in [-0.2, -0.15) is 13.2 Å². The molecular weight excluding hydrogens is 545 g/mol. The summed E-state index contributed by atoms with van der Waals surface area (Å²) in [6.45, 7) is 4.30. The molecule has 214 valence electrons. The van der Waals surface area contributed by atoms with Crippen molar-refractivity contribution < 1.29 is 36.3 Å². The van der Waals surface area contributed by atoms with Gasteiger partial charge in [0.25, 0.3) is 10.0 Å². The fourth-order valence-electron chi connectivity index (χ4n) is 4.14. The molecule has 40 heavy (non-hydrogen) atoms. The molecule has 3 aromatic rings. The van der Waals surface area contributed by atoms with Crippen molar-refractivity contribution in [3.63, 3.8) is 0 Å². The number of anilines is 1. The monoisotopic (exact) mass is 576 g/mol. The quantitative estimate of drug-likeness (QED) is 0.291. The predicted molar refractivity (Wildman–Crippen MR) is 146 cm³/mol. The van der Waals surface area contributed by atoms with E-state index < -0.39 is 27.6 Å². The Bertz CT molecular complexity index is 1440. The molecule has 1 fully saturated rings. The molecule has 1 saturated carbocycles. The van der Waals surface area contributed by atoms with Gasteiger partial charge in [-0.3, -0.25) is 9.52 Å². The predicted octanol–water partition coefficient (Wildman–Crippen LogP) is 5.52. The number of carbonyl (C=O) groups is 2. The molecule has 0 heterocycles. The van der Waals surface area contributed by atoms with E-state index in [1.165, 1.54) is 5.56 Å². The maximum absolute atomic E-state index is 12.9. The highest BCUT2D eigenvalue weighted by atomic mass is 32.2. The second kappa shape index (κ2) is 12.5. The van der Waals surface area contributed by atoms with E-state index in [2.05, 4.69) is 22.2 Å². The molecule has 1 aliphatic carbocycles. The first-order chi connectivity index (χ1) is 18.7. The molecule has 0 radical (unpaired) electrons. The van der Waals surface area contributed by atoms with E-state index in [9.17, 15) is 26.4 Å². The van der Waals surface area contributed by atoms with Crippen molar-refractivity contribution in [2.24, 2.45) is 0 Å². The number of carboxylic acid groups (broad SMARTS) is 1. The zero-order valence-corrected chi connectivity index (χ0v) is 22.9. The lowest BCUT2D eigenvalue weighted by atomic mass is 9.94. The van der Waals surface area contributed by atoms with Crippen molar-refractivity contribution in [2.45, 2.75) is 56.0 Å². The summed E-state index contributed by atoms with van der Waals surface area (Å²) in [5.41, 5.74) is 3.78. The summed E-state index contributed by atoms with van der Waals surface area (Å²) in [6.07, 6.45) is -1.63. The van der Waals surface area contributed by atoms with Crippen LogP contribution in [0.1, 0.15) is 41.5 Å². The van der Waals surface area contributed by atoms with Gasteiger partial charge in [0.1, 0.15) is 0 Å². The Morgan fingerprint density at radius 3 is 2.10 bits per heavy atom. The van der Waals surface area contributed by atoms with Crippen molar-refractivity contribution in [3.8, 4) is 0 Å². The molecule has 3 N–H and O–H groups in total. The zero-order valence-electron chi connectivity index (χ0n) is 22.1. The Kier molecular flexibility index (Phi) is 9.62. The summed E-state index contributed by atoms with van der Waals surface area (Å²) in [7, 11) is -3.68. The largest absolute Gasteiger partial charge is 0.490 e. The minimum Gasteiger partial charge on any atom is -0.475 e. The number of sulfonamides is 1. The summed E-state index contributed by atoms with van der Waals surface area (Å²) in [5, 5.41) is 10.2. The summed E-state index contributed by atoms with van der Waals surface area (Å²) < 4.78 is 60.1. The van der Waals surface area contributed by atoms with E-state index in [4.69, 9.17) is 9.90 Å². The fourth-order valence-corrected chi connectivity index (χ4v) is 5.53. The van der Waals surface area contributed by atoms with Gasteiger partial charge in [-0.05, 0) is 80.0 Å². The van der Waals surface area contributed by atoms with Gasteiger partial charge in [0.2, 0.25) is 5.91 Å². The summed E-state index contributed by atoms with van der Waals surface area (Å²) >= 11 is 0. The van der Waals surface area contributed by atoms with Crippen LogP contribution in [-0.4, -0.2) is 38.1 Å². The van der Waals surface area contributed by atoms with Crippen LogP contribution >= 0.6 is 0 Å². The third kappa shape index (κ3) is 8.08. The number of nitrogens with one attached hydrogen (secondary N) is 2. The van der Waals surface area contributed by atoms with Crippen LogP contribution in [0.25, 0.3) is 0 Å². The molecule has 0 aromatic heterocycles. The number of aliphatic carboxylic acids is 1. The van der Waals surface area contributed by atoms with Crippen molar-refractivity contribution >= 4 is 27.6 Å². The van der Waals surface area contributed by atoms with Crippen molar-refractivity contribution in [1.29, 1.82) is 0 Å². The molecule has 3 aromatic carbocycles. The number of hydrogen-bond donors (Lipinski definition) is 3. The van der Waals surface area contributed by atoms with E-state index in [1.807, 2.05) is 49.4 Å². The third-order valence-electron chi connectivity index (χ3n) is 6.52. The second-order valence-electron chi connectivity index (χ2n) is 9.68. The Morgan fingerprint density at radius 2 is 1.55 bits per heavy atom. The van der Waals surface area contributed by atoms with Crippen LogP contribution in [0.3, 0.4) is 0 Å². The minimum absolute atomic E-state index is 0.0549. The summed E-state index contributed by atoms with van der Waals surface area (Å²) in [6, 6.07) is 22.8. The Hall–Kier alpha value is -3.86. The number of aryl methyl sites for hydroxylation is 3. The van der Waals surface area contributed by atoms with Crippen LogP contribution in [0.4, 0.5) is 18.9 Å². The maximum Gasteiger partial charge on any atom is 0.490 e. The number of carbonyl (C=O) groups excluding carboxylic acids is 1. The van der Waals surface area contributed by atoms with Crippen molar-refractivity contribution in [1.82, 2.24) is 5.32 Å². The molecule has 0 unspecified atom stereocenters. The SMILES string of the molecule is Cc1ccc(C)c(S(=O)(=O)Nc2ccc(C3(C(=O)NCCCc4ccccc4)CC3)cc2)c1.O=C(O)C(F)(F)F. The average Bonchev–Trinajstić information content (AvgIpc) is 3.71. The number of alkyl halides is 3. The van der Waals surface area contributed by atoms with Crippen LogP contribution < -0.4 is 10.0 Å². The van der Waals surface area contributed by atoms with Crippen LogP contribution in [0.2, 0.25) is 0 Å². The lowest BCUT2D eigenvalue weighted by Gasteiger charge is -2.17. The molecule has 0 bridgehead atoms. The van der Waals surface area contributed by atoms with Gasteiger partial charge < -0.3 is 10.4 Å². The topological polar surface area (TPSA) is 113 Å². The second-order valence-corrected chi connectivity index (χ2v) is 11.3. The molecule has 1 aliphatic rings. The molecule has 0 atom stereocenters. The Morgan fingerprint density at radius 1 is 0.950 bits per heavy atom. The van der Waals surface area contributed by atoms with Crippen LogP contribution in [0.5, 0.6) is 0 Å². The normalized spacial score (nSPS) is 13.9. The smallest absolute Gasteiger partial charge is 0.475 e. The van der Waals surface area contributed by atoms with Gasteiger partial charge in [0, 0.05) is 12.2 Å². The lowest BCUT2D eigenvalue weighted by Crippen LogP contribution is -2.35. The molecule has 1 amide bonds. The van der Waals surface area contributed by atoms with Gasteiger partial charge >= 0.3 is 12.1 Å². The molecule has 0 saturated heterocycles. The van der Waals surface area contributed by atoms with Gasteiger partial charge in [-0.15, -0.1) is 0 Å². The highest BCUT2D eigenvalue weighted by Gasteiger charge is 2.51. The van der Waals surface area contributed by atoms with Crippen LogP contribution in [0, 0.1) is 13.8 Å². The minimum atomic E-state index is -5.08. The molecule has 7 nitrogen and oxygen atoms in total. The third-order valence-corrected chi connectivity index (χ3v) is 8.04. The van der Waals surface area contributed by atoms with Gasteiger partial charge in [0.05, 0.1) is 10.3 Å². The number of carboxylic acids is 1. The summed E-state index contributed by atoms with van der Waals surface area (Å²) in [5.74, 6) is -2.70. The van der Waals surface area contributed by atoms with Crippen molar-refractivity contribution in [2.75, 3.05) is 11.3 Å². The van der Waals surface area contributed by atoms with E-state index in [0.29, 0.717) is 17.8 Å². The lowest BCUT2D eigenvalue weighted by molar-refractivity contribution is -0.192. The first kappa shape index (κ1) is 30.7. The number of amides is 1. The van der Waals surface area contributed by atoms with Gasteiger partial charge in [0.15, 0.2) is 0 Å². The molecular formula is C29H31F3N2O5S. The average molecular weight is 577 g/mol. The van der Waals surface area contributed by atoms with E-state index in [0.717, 1.165) is 36.8 Å². The number of rotatable bonds is 9. The summed E-state index contributed by atoms with van der Waals surface area (Å²) in [4.78, 5) is 22.1. The fraction of sp³-hybridized carbons (Fsp3) is 0.310. The van der Waals surface area contributed by atoms with E-state index in [-0.39, 0.29) is 10.8 Å². The number of halogens is 3. The number of hydrogen-bond acceptors (Lipinski definition) is 4. The van der Waals surface area contributed by atoms with Crippen LogP contribution in [0.15, 0.2) is 77.7 Å². The first-order valence-electron chi connectivity index (χ1n) is 12.6. The van der Waals surface area contributed by atoms with Crippen LogP contribution in [-0.2, 0) is 31.4 Å². The number of benzene rings is 3. The molecule has 11 heteroatoms. The highest BCUT2D eigenvalue weighted by Crippen LogP contribution is 2.48. The standard InChI is InChI=1S/C27H30N2O3S.C2HF3O2/c1-20-10-11-21(2)25(19-20)33(31,32)29-24-14-12-23(13-15-24)27(16-17-27)26(30)28-18-6-9-22-7-4-3-5-8-22;3-2(4,5)1(6)7/h3-5,7-8,10-15,19,29H,6,9,16-18H2,1-2H3,(H,28,30);(H,6,7). The molecule has 0 spiro atoms. The highest BCUT2D eigenvalue weighted by molar-refractivity contribution is 7.92. The first-order valence-corrected chi connectivity index (χ1v) is 14.1. The zero-order chi connectivity index (χ0) is 29.6. The van der Waals surface area contributed by atoms with E-state index >= 15 is 0 Å². The van der Waals surface area contributed by atoms with Gasteiger partial charge in [-0.1, -0.05) is 54.6 Å². The maximum atomic E-state index is 12.9. The Balaban J connectivity index is 0.000000559. The van der Waals surface area contributed by atoms with Gasteiger partial charge in [-0.25, -0.2) is 13.2 Å². The Labute approximate surface area is 231 Å².